The van der Waals surface area contributed by atoms with E-state index in [0.29, 0.717) is 19.0 Å². The fourth-order valence-electron chi connectivity index (χ4n) is 2.86. The van der Waals surface area contributed by atoms with Crippen LogP contribution in [-0.4, -0.2) is 55.2 Å². The molecule has 1 aromatic rings. The van der Waals surface area contributed by atoms with E-state index in [-0.39, 0.29) is 23.5 Å². The molecule has 0 amide bonds. The molecule has 10 nitrogen and oxygen atoms in total. The molecule has 0 spiro atoms. The standard InChI is InChI=1S/C14H22N6O4S/c1-25(23,24)16-7-10-3-2-6-19(9-10)14-15-8-12(20(21)22)13(18-14)17-11-4-5-11/h8,10-11,16H,2-7,9H2,1H3,(H,15,17,18)/t10-/m1/s1. The van der Waals surface area contributed by atoms with Gasteiger partial charge in [-0.3, -0.25) is 10.1 Å². The Balaban J connectivity index is 1.72. The molecule has 1 saturated carbocycles. The Labute approximate surface area is 146 Å². The zero-order valence-electron chi connectivity index (χ0n) is 14.0. The number of nitro groups is 1. The van der Waals surface area contributed by atoms with Crippen molar-refractivity contribution in [1.29, 1.82) is 0 Å². The first-order valence-corrected chi connectivity index (χ1v) is 10.2. The number of nitrogens with one attached hydrogen (secondary N) is 2. The quantitative estimate of drug-likeness (QED) is 0.530. The van der Waals surface area contributed by atoms with Crippen LogP contribution in [0.25, 0.3) is 0 Å². The summed E-state index contributed by atoms with van der Waals surface area (Å²) in [4.78, 5) is 21.1. The monoisotopic (exact) mass is 370 g/mol. The van der Waals surface area contributed by atoms with Gasteiger partial charge in [-0.1, -0.05) is 0 Å². The number of anilines is 2. The van der Waals surface area contributed by atoms with Gasteiger partial charge in [-0.15, -0.1) is 0 Å². The lowest BCUT2D eigenvalue weighted by Crippen LogP contribution is -2.41. The van der Waals surface area contributed by atoms with Gasteiger partial charge in [0.25, 0.3) is 0 Å². The first-order chi connectivity index (χ1) is 11.8. The molecular formula is C14H22N6O4S. The van der Waals surface area contributed by atoms with Crippen molar-refractivity contribution in [3.8, 4) is 0 Å². The van der Waals surface area contributed by atoms with Gasteiger partial charge in [-0.2, -0.15) is 4.98 Å². The Bertz CT molecular complexity index is 752. The van der Waals surface area contributed by atoms with Gasteiger partial charge < -0.3 is 10.2 Å². The van der Waals surface area contributed by atoms with Gasteiger partial charge in [0, 0.05) is 25.7 Å². The Hall–Kier alpha value is -2.01. The first-order valence-electron chi connectivity index (χ1n) is 8.29. The molecule has 11 heteroatoms. The summed E-state index contributed by atoms with van der Waals surface area (Å²) in [5.74, 6) is 0.855. The highest BCUT2D eigenvalue weighted by atomic mass is 32.2. The SMILES string of the molecule is CS(=O)(=O)NC[C@H]1CCCN(c2ncc([N+](=O)[O-])c(NC3CC3)n2)C1. The van der Waals surface area contributed by atoms with Crippen LogP contribution in [0.1, 0.15) is 25.7 Å². The molecule has 138 valence electrons. The predicted octanol–water partition coefficient (Wildman–Crippen LogP) is 0.725. The Morgan fingerprint density at radius 2 is 2.16 bits per heavy atom. The summed E-state index contributed by atoms with van der Waals surface area (Å²) in [5, 5.41) is 14.2. The second-order valence-corrected chi connectivity index (χ2v) is 8.49. The van der Waals surface area contributed by atoms with E-state index in [9.17, 15) is 18.5 Å². The number of hydrogen-bond acceptors (Lipinski definition) is 8. The molecule has 0 aromatic carbocycles. The molecule has 0 bridgehead atoms. The normalized spacial score (nSPS) is 21.2. The van der Waals surface area contributed by atoms with Crippen LogP contribution in [0.3, 0.4) is 0 Å². The number of aromatic nitrogens is 2. The third kappa shape index (κ3) is 4.98. The van der Waals surface area contributed by atoms with Crippen molar-refractivity contribution in [2.24, 2.45) is 5.92 Å². The summed E-state index contributed by atoms with van der Waals surface area (Å²) in [6.07, 6.45) is 6.16. The van der Waals surface area contributed by atoms with Gasteiger partial charge in [-0.25, -0.2) is 18.1 Å². The molecule has 0 unspecified atom stereocenters. The van der Waals surface area contributed by atoms with Crippen molar-refractivity contribution in [3.05, 3.63) is 16.3 Å². The summed E-state index contributed by atoms with van der Waals surface area (Å²) >= 11 is 0. The second kappa shape index (κ2) is 7.08. The third-order valence-corrected chi connectivity index (χ3v) is 5.00. The lowest BCUT2D eigenvalue weighted by atomic mass is 9.99. The molecule has 2 fully saturated rings. The van der Waals surface area contributed by atoms with Crippen LogP contribution in [0.2, 0.25) is 0 Å². The number of sulfonamides is 1. The van der Waals surface area contributed by atoms with E-state index in [1.165, 1.54) is 6.20 Å². The van der Waals surface area contributed by atoms with E-state index in [1.54, 1.807) is 0 Å². The molecule has 2 aliphatic rings. The summed E-state index contributed by atoms with van der Waals surface area (Å²) in [6, 6.07) is 0.245. The molecule has 1 saturated heterocycles. The molecule has 3 rings (SSSR count). The average molecular weight is 370 g/mol. The maximum absolute atomic E-state index is 11.3. The van der Waals surface area contributed by atoms with E-state index in [0.717, 1.165) is 38.5 Å². The summed E-state index contributed by atoms with van der Waals surface area (Å²) in [7, 11) is -3.22. The minimum atomic E-state index is -3.22. The molecule has 2 N–H and O–H groups in total. The largest absolute Gasteiger partial charge is 0.361 e. The maximum Gasteiger partial charge on any atom is 0.329 e. The van der Waals surface area contributed by atoms with E-state index < -0.39 is 14.9 Å². The van der Waals surface area contributed by atoms with E-state index in [1.807, 2.05) is 4.90 Å². The fraction of sp³-hybridized carbons (Fsp3) is 0.714. The van der Waals surface area contributed by atoms with Gasteiger partial charge >= 0.3 is 5.69 Å². The van der Waals surface area contributed by atoms with Crippen molar-refractivity contribution < 1.29 is 13.3 Å². The maximum atomic E-state index is 11.3. The molecule has 2 heterocycles. The first kappa shape index (κ1) is 17.8. The average Bonchev–Trinajstić information content (AvgIpc) is 3.36. The Kier molecular flexibility index (Phi) is 5.04. The van der Waals surface area contributed by atoms with E-state index >= 15 is 0 Å². The molecular weight excluding hydrogens is 348 g/mol. The van der Waals surface area contributed by atoms with E-state index in [2.05, 4.69) is 20.0 Å². The molecule has 1 aromatic heterocycles. The van der Waals surface area contributed by atoms with Gasteiger partial charge in [0.15, 0.2) is 0 Å². The number of hydrogen-bond donors (Lipinski definition) is 2. The summed E-state index contributed by atoms with van der Waals surface area (Å²) < 4.78 is 25.1. The van der Waals surface area contributed by atoms with Crippen molar-refractivity contribution in [3.63, 3.8) is 0 Å². The summed E-state index contributed by atoms with van der Waals surface area (Å²) in [6.45, 7) is 1.73. The highest BCUT2D eigenvalue weighted by Gasteiger charge is 2.28. The van der Waals surface area contributed by atoms with Crippen molar-refractivity contribution in [1.82, 2.24) is 14.7 Å². The van der Waals surface area contributed by atoms with Crippen LogP contribution >= 0.6 is 0 Å². The molecule has 0 radical (unpaired) electrons. The molecule has 1 aliphatic carbocycles. The fourth-order valence-corrected chi connectivity index (χ4v) is 3.40. The van der Waals surface area contributed by atoms with Crippen LogP contribution in [0.15, 0.2) is 6.20 Å². The zero-order valence-corrected chi connectivity index (χ0v) is 14.8. The lowest BCUT2D eigenvalue weighted by molar-refractivity contribution is -0.384. The van der Waals surface area contributed by atoms with Gasteiger partial charge in [0.05, 0.1) is 11.2 Å². The summed E-state index contributed by atoms with van der Waals surface area (Å²) in [5.41, 5.74) is -0.122. The highest BCUT2D eigenvalue weighted by Crippen LogP contribution is 2.30. The van der Waals surface area contributed by atoms with E-state index in [4.69, 9.17) is 0 Å². The zero-order chi connectivity index (χ0) is 18.0. The lowest BCUT2D eigenvalue weighted by Gasteiger charge is -2.32. The second-order valence-electron chi connectivity index (χ2n) is 6.65. The van der Waals surface area contributed by atoms with Gasteiger partial charge in [-0.05, 0) is 31.6 Å². The Morgan fingerprint density at radius 3 is 2.80 bits per heavy atom. The minimum Gasteiger partial charge on any atom is -0.361 e. The molecule has 1 aliphatic heterocycles. The van der Waals surface area contributed by atoms with Gasteiger partial charge in [0.1, 0.15) is 6.20 Å². The molecule has 1 atom stereocenters. The van der Waals surface area contributed by atoms with Crippen LogP contribution in [-0.2, 0) is 10.0 Å². The minimum absolute atomic E-state index is 0.122. The number of nitrogens with zero attached hydrogens (tertiary/aromatic N) is 4. The third-order valence-electron chi connectivity index (χ3n) is 4.31. The van der Waals surface area contributed by atoms with Gasteiger partial charge in [0.2, 0.25) is 21.8 Å². The van der Waals surface area contributed by atoms with Crippen LogP contribution in [0.4, 0.5) is 17.5 Å². The number of rotatable bonds is 7. The van der Waals surface area contributed by atoms with Crippen molar-refractivity contribution in [2.45, 2.75) is 31.7 Å². The Morgan fingerprint density at radius 1 is 1.40 bits per heavy atom. The van der Waals surface area contributed by atoms with Crippen LogP contribution in [0, 0.1) is 16.0 Å². The molecule has 25 heavy (non-hydrogen) atoms. The van der Waals surface area contributed by atoms with Crippen LogP contribution in [0.5, 0.6) is 0 Å². The highest BCUT2D eigenvalue weighted by molar-refractivity contribution is 7.88. The predicted molar refractivity (Wildman–Crippen MR) is 93.1 cm³/mol. The number of piperidine rings is 1. The van der Waals surface area contributed by atoms with Crippen LogP contribution < -0.4 is 14.9 Å². The topological polar surface area (TPSA) is 130 Å². The van der Waals surface area contributed by atoms with Crippen molar-refractivity contribution >= 4 is 27.5 Å². The smallest absolute Gasteiger partial charge is 0.329 e. The van der Waals surface area contributed by atoms with Crippen molar-refractivity contribution in [2.75, 3.05) is 36.1 Å².